The van der Waals surface area contributed by atoms with Crippen molar-refractivity contribution in [3.8, 4) is 0 Å². The van der Waals surface area contributed by atoms with Crippen LogP contribution in [0.1, 0.15) is 12.8 Å². The molecule has 17 heavy (non-hydrogen) atoms. The molecule has 0 spiro atoms. The highest BCUT2D eigenvalue weighted by Gasteiger charge is 2.00. The van der Waals surface area contributed by atoms with Crippen molar-refractivity contribution in [1.29, 1.82) is 0 Å². The van der Waals surface area contributed by atoms with Crippen LogP contribution in [0, 0.1) is 0 Å². The lowest BCUT2D eigenvalue weighted by Crippen LogP contribution is -2.14. The molecule has 5 nitrogen and oxygen atoms in total. The Kier molecular flexibility index (Phi) is 3.93. The van der Waals surface area contributed by atoms with Crippen LogP contribution in [-0.2, 0) is 0 Å². The van der Waals surface area contributed by atoms with Gasteiger partial charge >= 0.3 is 0 Å². The molecule has 0 radical (unpaired) electrons. The molecule has 0 aromatic carbocycles. The number of rotatable bonds is 6. The Morgan fingerprint density at radius 2 is 2.18 bits per heavy atom. The molecule has 0 bridgehead atoms. The zero-order chi connectivity index (χ0) is 12.1. The van der Waals surface area contributed by atoms with Crippen LogP contribution in [-0.4, -0.2) is 46.7 Å². The largest absolute Gasteiger partial charge is 0.353 e. The topological polar surface area (TPSA) is 45.5 Å². The van der Waals surface area contributed by atoms with Crippen LogP contribution < -0.4 is 5.32 Å². The average Bonchev–Trinajstić information content (AvgIpc) is 2.70. The Bertz CT molecular complexity index is 430. The SMILES string of the molecule is CN(C)CCCCNc1nc2ccccn2n1. The highest BCUT2D eigenvalue weighted by atomic mass is 15.3. The maximum Gasteiger partial charge on any atom is 0.243 e. The number of aromatic nitrogens is 3. The van der Waals surface area contributed by atoms with E-state index >= 15 is 0 Å². The van der Waals surface area contributed by atoms with Crippen molar-refractivity contribution in [1.82, 2.24) is 19.5 Å². The fraction of sp³-hybridized carbons (Fsp3) is 0.500. The molecule has 0 saturated heterocycles. The van der Waals surface area contributed by atoms with Gasteiger partial charge in [-0.2, -0.15) is 4.98 Å². The van der Waals surface area contributed by atoms with Gasteiger partial charge in [0.25, 0.3) is 0 Å². The molecule has 0 unspecified atom stereocenters. The molecule has 5 heteroatoms. The standard InChI is InChI=1S/C12H19N5/c1-16(2)9-6-4-8-13-12-14-11-7-3-5-10-17(11)15-12/h3,5,7,10H,4,6,8-9H2,1-2H3,(H,13,15). The highest BCUT2D eigenvalue weighted by molar-refractivity contribution is 5.42. The van der Waals surface area contributed by atoms with Gasteiger partial charge in [0.2, 0.25) is 5.95 Å². The second-order valence-electron chi connectivity index (χ2n) is 4.38. The van der Waals surface area contributed by atoms with Gasteiger partial charge in [0.05, 0.1) is 0 Å². The lowest BCUT2D eigenvalue weighted by atomic mass is 10.3. The van der Waals surface area contributed by atoms with Crippen LogP contribution in [0.2, 0.25) is 0 Å². The van der Waals surface area contributed by atoms with Crippen LogP contribution in [0.5, 0.6) is 0 Å². The van der Waals surface area contributed by atoms with Crippen molar-refractivity contribution < 1.29 is 0 Å². The molecule has 2 aromatic rings. The smallest absolute Gasteiger partial charge is 0.243 e. The van der Waals surface area contributed by atoms with Gasteiger partial charge in [0.1, 0.15) is 0 Å². The number of anilines is 1. The first kappa shape index (κ1) is 11.9. The van der Waals surface area contributed by atoms with E-state index in [1.807, 2.05) is 24.4 Å². The third-order valence-corrected chi connectivity index (χ3v) is 2.56. The van der Waals surface area contributed by atoms with Crippen LogP contribution in [0.25, 0.3) is 5.65 Å². The lowest BCUT2D eigenvalue weighted by Gasteiger charge is -2.08. The van der Waals surface area contributed by atoms with Gasteiger partial charge in [0, 0.05) is 12.7 Å². The minimum atomic E-state index is 0.709. The molecule has 0 amide bonds. The normalized spacial score (nSPS) is 11.2. The lowest BCUT2D eigenvalue weighted by molar-refractivity contribution is 0.396. The summed E-state index contributed by atoms with van der Waals surface area (Å²) in [6.45, 7) is 2.05. The van der Waals surface area contributed by atoms with Gasteiger partial charge in [-0.15, -0.1) is 5.10 Å². The summed E-state index contributed by atoms with van der Waals surface area (Å²) in [5.41, 5.74) is 0.878. The summed E-state index contributed by atoms with van der Waals surface area (Å²) in [5.74, 6) is 0.709. The number of hydrogen-bond donors (Lipinski definition) is 1. The third-order valence-electron chi connectivity index (χ3n) is 2.56. The Morgan fingerprint density at radius 3 is 2.94 bits per heavy atom. The molecule has 0 atom stereocenters. The maximum absolute atomic E-state index is 4.38. The highest BCUT2D eigenvalue weighted by Crippen LogP contribution is 2.04. The molecule has 2 aromatic heterocycles. The Balaban J connectivity index is 1.79. The van der Waals surface area contributed by atoms with Gasteiger partial charge in [-0.05, 0) is 45.6 Å². The first-order valence-electron chi connectivity index (χ1n) is 5.96. The summed E-state index contributed by atoms with van der Waals surface area (Å²) in [4.78, 5) is 6.57. The van der Waals surface area contributed by atoms with E-state index in [1.165, 1.54) is 6.42 Å². The molecule has 0 aliphatic carbocycles. The zero-order valence-corrected chi connectivity index (χ0v) is 10.4. The van der Waals surface area contributed by atoms with Crippen molar-refractivity contribution >= 4 is 11.6 Å². The van der Waals surface area contributed by atoms with Crippen LogP contribution in [0.3, 0.4) is 0 Å². The Hall–Kier alpha value is -1.62. The van der Waals surface area contributed by atoms with Gasteiger partial charge in [-0.1, -0.05) is 6.07 Å². The van der Waals surface area contributed by atoms with E-state index in [1.54, 1.807) is 4.52 Å². The summed E-state index contributed by atoms with van der Waals surface area (Å²) in [7, 11) is 4.19. The van der Waals surface area contributed by atoms with Crippen molar-refractivity contribution in [2.24, 2.45) is 0 Å². The first-order valence-corrected chi connectivity index (χ1v) is 5.96. The van der Waals surface area contributed by atoms with E-state index in [9.17, 15) is 0 Å². The van der Waals surface area contributed by atoms with Gasteiger partial charge in [0.15, 0.2) is 5.65 Å². The van der Waals surface area contributed by atoms with Gasteiger partial charge in [-0.25, -0.2) is 4.52 Å². The fourth-order valence-electron chi connectivity index (χ4n) is 1.66. The fourth-order valence-corrected chi connectivity index (χ4v) is 1.66. The average molecular weight is 233 g/mol. The molecular formula is C12H19N5. The zero-order valence-electron chi connectivity index (χ0n) is 10.4. The summed E-state index contributed by atoms with van der Waals surface area (Å²) in [6.07, 6.45) is 4.22. The molecule has 0 fully saturated rings. The van der Waals surface area contributed by atoms with Gasteiger partial charge in [-0.3, -0.25) is 0 Å². The van der Waals surface area contributed by atoms with E-state index < -0.39 is 0 Å². The third kappa shape index (κ3) is 3.42. The van der Waals surface area contributed by atoms with Crippen molar-refractivity contribution in [2.45, 2.75) is 12.8 Å². The van der Waals surface area contributed by atoms with E-state index in [0.29, 0.717) is 5.95 Å². The monoisotopic (exact) mass is 233 g/mol. The quantitative estimate of drug-likeness (QED) is 0.768. The minimum Gasteiger partial charge on any atom is -0.353 e. The van der Waals surface area contributed by atoms with E-state index in [-0.39, 0.29) is 0 Å². The number of pyridine rings is 1. The van der Waals surface area contributed by atoms with Crippen molar-refractivity contribution in [3.63, 3.8) is 0 Å². The van der Waals surface area contributed by atoms with Gasteiger partial charge < -0.3 is 10.2 Å². The van der Waals surface area contributed by atoms with E-state index in [0.717, 1.165) is 25.2 Å². The predicted molar refractivity (Wildman–Crippen MR) is 69.3 cm³/mol. The molecule has 92 valence electrons. The summed E-state index contributed by atoms with van der Waals surface area (Å²) >= 11 is 0. The maximum atomic E-state index is 4.38. The Morgan fingerprint density at radius 1 is 1.29 bits per heavy atom. The molecule has 1 N–H and O–H groups in total. The molecular weight excluding hydrogens is 214 g/mol. The number of unbranched alkanes of at least 4 members (excludes halogenated alkanes) is 1. The van der Waals surface area contributed by atoms with E-state index in [4.69, 9.17) is 0 Å². The summed E-state index contributed by atoms with van der Waals surface area (Å²) in [5, 5.41) is 7.58. The second-order valence-corrected chi connectivity index (χ2v) is 4.38. The van der Waals surface area contributed by atoms with Crippen LogP contribution >= 0.6 is 0 Å². The van der Waals surface area contributed by atoms with Crippen LogP contribution in [0.15, 0.2) is 24.4 Å². The molecule has 2 heterocycles. The number of fused-ring (bicyclic) bond motifs is 1. The molecule has 0 aliphatic heterocycles. The molecule has 0 aliphatic rings. The Labute approximate surface area is 101 Å². The van der Waals surface area contributed by atoms with E-state index in [2.05, 4.69) is 34.4 Å². The second kappa shape index (κ2) is 5.63. The number of nitrogens with zero attached hydrogens (tertiary/aromatic N) is 4. The minimum absolute atomic E-state index is 0.709. The molecule has 2 rings (SSSR count). The number of hydrogen-bond acceptors (Lipinski definition) is 4. The van der Waals surface area contributed by atoms with Crippen molar-refractivity contribution in [2.75, 3.05) is 32.5 Å². The van der Waals surface area contributed by atoms with Crippen molar-refractivity contribution in [3.05, 3.63) is 24.4 Å². The summed E-state index contributed by atoms with van der Waals surface area (Å²) < 4.78 is 1.78. The predicted octanol–water partition coefficient (Wildman–Crippen LogP) is 1.48. The number of nitrogens with one attached hydrogen (secondary N) is 1. The summed E-state index contributed by atoms with van der Waals surface area (Å²) in [6, 6.07) is 5.86. The first-order chi connectivity index (χ1) is 8.25. The molecule has 0 saturated carbocycles. The van der Waals surface area contributed by atoms with Crippen LogP contribution in [0.4, 0.5) is 5.95 Å².